The smallest absolute Gasteiger partial charge is 0.257 e. The van der Waals surface area contributed by atoms with Crippen molar-refractivity contribution in [3.8, 4) is 0 Å². The summed E-state index contributed by atoms with van der Waals surface area (Å²) in [5, 5.41) is 2.69. The van der Waals surface area contributed by atoms with Crippen molar-refractivity contribution in [2.45, 2.75) is 6.92 Å². The zero-order valence-corrected chi connectivity index (χ0v) is 11.3. The Labute approximate surface area is 119 Å². The molecule has 0 aliphatic rings. The lowest BCUT2D eigenvalue weighted by Gasteiger charge is -2.10. The number of rotatable bonds is 3. The minimum Gasteiger partial charge on any atom is -0.319 e. The number of hydrazine groups is 1. The van der Waals surface area contributed by atoms with Gasteiger partial charge in [0.15, 0.2) is 5.82 Å². The molecule has 0 bridgehead atoms. The van der Waals surface area contributed by atoms with Gasteiger partial charge in [-0.3, -0.25) is 4.79 Å². The monoisotopic (exact) mass is 294 g/mol. The number of carbonyl (C=O) groups is 1. The third-order valence-electron chi connectivity index (χ3n) is 2.70. The van der Waals surface area contributed by atoms with Crippen molar-refractivity contribution >= 4 is 29.0 Å². The Balaban J connectivity index is 2.26. The molecule has 104 valence electrons. The van der Waals surface area contributed by atoms with Crippen LogP contribution in [-0.2, 0) is 0 Å². The fourth-order valence-corrected chi connectivity index (χ4v) is 1.87. The van der Waals surface area contributed by atoms with Gasteiger partial charge in [0, 0.05) is 6.20 Å². The molecule has 0 saturated carbocycles. The molecular weight excluding hydrogens is 283 g/mol. The number of aryl methyl sites for hydroxylation is 1. The summed E-state index contributed by atoms with van der Waals surface area (Å²) in [6.07, 6.45) is 1.30. The van der Waals surface area contributed by atoms with E-state index in [0.717, 1.165) is 0 Å². The van der Waals surface area contributed by atoms with Crippen molar-refractivity contribution in [3.63, 3.8) is 0 Å². The van der Waals surface area contributed by atoms with Crippen LogP contribution in [0, 0.1) is 12.7 Å². The maximum atomic E-state index is 13.6. The summed E-state index contributed by atoms with van der Waals surface area (Å²) in [6, 6.07) is 5.94. The summed E-state index contributed by atoms with van der Waals surface area (Å²) in [4.78, 5) is 15.9. The Morgan fingerprint density at radius 3 is 2.80 bits per heavy atom. The molecule has 20 heavy (non-hydrogen) atoms. The molecule has 1 heterocycles. The van der Waals surface area contributed by atoms with Crippen LogP contribution >= 0.6 is 11.6 Å². The topological polar surface area (TPSA) is 80.0 Å². The van der Waals surface area contributed by atoms with Crippen LogP contribution in [0.15, 0.2) is 30.5 Å². The first kappa shape index (κ1) is 14.2. The van der Waals surface area contributed by atoms with Crippen molar-refractivity contribution in [1.29, 1.82) is 0 Å². The maximum absolute atomic E-state index is 13.6. The second-order valence-electron chi connectivity index (χ2n) is 4.08. The number of benzene rings is 1. The lowest BCUT2D eigenvalue weighted by atomic mass is 10.2. The number of nitrogen functional groups attached to an aromatic ring is 1. The molecule has 0 spiro atoms. The Hall–Kier alpha value is -2.18. The number of nitrogens with zero attached hydrogens (tertiary/aromatic N) is 1. The number of nitrogens with two attached hydrogens (primary N) is 1. The van der Waals surface area contributed by atoms with Gasteiger partial charge in [0.1, 0.15) is 5.82 Å². The molecule has 1 aromatic carbocycles. The number of pyridine rings is 1. The molecule has 0 radical (unpaired) electrons. The van der Waals surface area contributed by atoms with Gasteiger partial charge in [-0.15, -0.1) is 0 Å². The Morgan fingerprint density at radius 2 is 2.20 bits per heavy atom. The van der Waals surface area contributed by atoms with Gasteiger partial charge >= 0.3 is 0 Å². The van der Waals surface area contributed by atoms with Gasteiger partial charge in [-0.2, -0.15) is 0 Å². The number of hydrogen-bond donors (Lipinski definition) is 3. The van der Waals surface area contributed by atoms with Gasteiger partial charge in [-0.1, -0.05) is 23.7 Å². The summed E-state index contributed by atoms with van der Waals surface area (Å²) >= 11 is 5.88. The van der Waals surface area contributed by atoms with Gasteiger partial charge in [0.05, 0.1) is 16.3 Å². The number of halogens is 2. The molecule has 0 fully saturated rings. The van der Waals surface area contributed by atoms with Crippen molar-refractivity contribution in [2.75, 3.05) is 10.7 Å². The molecule has 5 nitrogen and oxygen atoms in total. The number of para-hydroxylation sites is 1. The molecule has 1 aromatic heterocycles. The highest BCUT2D eigenvalue weighted by molar-refractivity contribution is 6.33. The van der Waals surface area contributed by atoms with E-state index in [1.54, 1.807) is 19.1 Å². The van der Waals surface area contributed by atoms with Gasteiger partial charge in [0.2, 0.25) is 0 Å². The number of amides is 1. The number of anilines is 2. The highest BCUT2D eigenvalue weighted by Gasteiger charge is 2.13. The minimum absolute atomic E-state index is 0.134. The Morgan fingerprint density at radius 1 is 1.45 bits per heavy atom. The molecule has 0 aliphatic carbocycles. The Bertz CT molecular complexity index is 643. The van der Waals surface area contributed by atoms with E-state index in [1.165, 1.54) is 18.3 Å². The van der Waals surface area contributed by atoms with Crippen LogP contribution < -0.4 is 16.6 Å². The van der Waals surface area contributed by atoms with Crippen LogP contribution in [0.5, 0.6) is 0 Å². The number of nitrogens with one attached hydrogen (secondary N) is 2. The second-order valence-corrected chi connectivity index (χ2v) is 4.49. The summed E-state index contributed by atoms with van der Waals surface area (Å²) in [5.74, 6) is 4.44. The SMILES string of the molecule is Cc1cccc(F)c1NC(=O)c1cnc(NN)c(Cl)c1. The summed E-state index contributed by atoms with van der Waals surface area (Å²) in [5.41, 5.74) is 3.26. The van der Waals surface area contributed by atoms with E-state index < -0.39 is 11.7 Å². The third kappa shape index (κ3) is 2.87. The first-order valence-electron chi connectivity index (χ1n) is 5.71. The van der Waals surface area contributed by atoms with E-state index in [-0.39, 0.29) is 22.1 Å². The average molecular weight is 295 g/mol. The van der Waals surface area contributed by atoms with Crippen LogP contribution in [0.25, 0.3) is 0 Å². The van der Waals surface area contributed by atoms with Gasteiger partial charge < -0.3 is 10.7 Å². The molecule has 0 saturated heterocycles. The van der Waals surface area contributed by atoms with Crippen molar-refractivity contribution in [2.24, 2.45) is 5.84 Å². The van der Waals surface area contributed by atoms with Crippen LogP contribution in [0.2, 0.25) is 5.02 Å². The first-order chi connectivity index (χ1) is 9.52. The number of aromatic nitrogens is 1. The van der Waals surface area contributed by atoms with Gasteiger partial charge in [-0.25, -0.2) is 15.2 Å². The molecule has 0 unspecified atom stereocenters. The Kier molecular flexibility index (Phi) is 4.16. The van der Waals surface area contributed by atoms with Crippen LogP contribution in [0.4, 0.5) is 15.9 Å². The highest BCUT2D eigenvalue weighted by atomic mass is 35.5. The van der Waals surface area contributed by atoms with E-state index in [9.17, 15) is 9.18 Å². The van der Waals surface area contributed by atoms with Crippen molar-refractivity contribution in [3.05, 3.63) is 52.4 Å². The third-order valence-corrected chi connectivity index (χ3v) is 2.99. The van der Waals surface area contributed by atoms with Gasteiger partial charge in [-0.05, 0) is 24.6 Å². The fraction of sp³-hybridized carbons (Fsp3) is 0.0769. The summed E-state index contributed by atoms with van der Waals surface area (Å²) in [7, 11) is 0. The summed E-state index contributed by atoms with van der Waals surface area (Å²) < 4.78 is 13.6. The van der Waals surface area contributed by atoms with Crippen molar-refractivity contribution < 1.29 is 9.18 Å². The van der Waals surface area contributed by atoms with Crippen LogP contribution in [0.3, 0.4) is 0 Å². The largest absolute Gasteiger partial charge is 0.319 e. The normalized spacial score (nSPS) is 10.2. The molecule has 7 heteroatoms. The van der Waals surface area contributed by atoms with Gasteiger partial charge in [0.25, 0.3) is 5.91 Å². The molecule has 0 aliphatic heterocycles. The molecule has 0 atom stereocenters. The second kappa shape index (κ2) is 5.85. The van der Waals surface area contributed by atoms with Crippen LogP contribution in [-0.4, -0.2) is 10.9 Å². The van der Waals surface area contributed by atoms with E-state index in [1.807, 2.05) is 0 Å². The summed E-state index contributed by atoms with van der Waals surface area (Å²) in [6.45, 7) is 1.70. The van der Waals surface area contributed by atoms with E-state index >= 15 is 0 Å². The quantitative estimate of drug-likeness (QED) is 0.600. The predicted octanol–water partition coefficient (Wildman–Crippen LogP) is 2.72. The zero-order valence-electron chi connectivity index (χ0n) is 10.6. The van der Waals surface area contributed by atoms with E-state index in [2.05, 4.69) is 15.7 Å². The van der Waals surface area contributed by atoms with Crippen molar-refractivity contribution in [1.82, 2.24) is 4.98 Å². The van der Waals surface area contributed by atoms with E-state index in [4.69, 9.17) is 17.4 Å². The van der Waals surface area contributed by atoms with Crippen LogP contribution in [0.1, 0.15) is 15.9 Å². The standard InChI is InChI=1S/C13H12ClFN4O/c1-7-3-2-4-10(15)11(7)18-13(20)8-5-9(14)12(19-16)17-6-8/h2-6H,16H2,1H3,(H,17,19)(H,18,20). The molecular formula is C13H12ClFN4O. The average Bonchev–Trinajstić information content (AvgIpc) is 2.42. The fourth-order valence-electron chi connectivity index (χ4n) is 1.64. The lowest BCUT2D eigenvalue weighted by Crippen LogP contribution is -2.15. The molecule has 2 rings (SSSR count). The zero-order chi connectivity index (χ0) is 14.7. The highest BCUT2D eigenvalue weighted by Crippen LogP contribution is 2.22. The first-order valence-corrected chi connectivity index (χ1v) is 6.09. The maximum Gasteiger partial charge on any atom is 0.257 e. The predicted molar refractivity (Wildman–Crippen MR) is 76.1 cm³/mol. The van der Waals surface area contributed by atoms with E-state index in [0.29, 0.717) is 5.56 Å². The number of hydrogen-bond acceptors (Lipinski definition) is 4. The minimum atomic E-state index is -0.504. The molecule has 1 amide bonds. The molecule has 4 N–H and O–H groups in total. The number of carbonyl (C=O) groups excluding carboxylic acids is 1. The lowest BCUT2D eigenvalue weighted by molar-refractivity contribution is 0.102. The molecule has 2 aromatic rings.